The van der Waals surface area contributed by atoms with Crippen molar-refractivity contribution in [3.8, 4) is 0 Å². The van der Waals surface area contributed by atoms with Crippen LogP contribution >= 0.6 is 0 Å². The normalized spacial score (nSPS) is 13.8. The van der Waals surface area contributed by atoms with Crippen LogP contribution in [0.1, 0.15) is 54.9 Å². The molecule has 0 radical (unpaired) electrons. The zero-order valence-electron chi connectivity index (χ0n) is 11.8. The molecule has 0 aromatic rings. The van der Waals surface area contributed by atoms with E-state index in [-0.39, 0.29) is 17.7 Å². The molecule has 0 aliphatic rings. The first-order valence-corrected chi connectivity index (χ1v) is 6.24. The molecule has 0 fully saturated rings. The van der Waals surface area contributed by atoms with Crippen LogP contribution in [-0.4, -0.2) is 29.2 Å². The van der Waals surface area contributed by atoms with Crippen LogP contribution in [0.4, 0.5) is 4.79 Å². The molecule has 0 rings (SSSR count). The minimum atomic E-state index is -0.199. The van der Waals surface area contributed by atoms with Crippen molar-refractivity contribution in [1.29, 1.82) is 0 Å². The number of nitrogens with zero attached hydrogens (tertiary/aromatic N) is 1. The van der Waals surface area contributed by atoms with Crippen molar-refractivity contribution in [3.05, 3.63) is 0 Å². The van der Waals surface area contributed by atoms with Gasteiger partial charge in [0, 0.05) is 12.1 Å². The van der Waals surface area contributed by atoms with Crippen molar-refractivity contribution in [3.63, 3.8) is 0 Å². The molecule has 96 valence electrons. The van der Waals surface area contributed by atoms with Gasteiger partial charge in [-0.15, -0.1) is 0 Å². The molecule has 1 atom stereocenters. The summed E-state index contributed by atoms with van der Waals surface area (Å²) in [6, 6.07) is 0. The van der Waals surface area contributed by atoms with Crippen LogP contribution in [0.15, 0.2) is 0 Å². The minimum absolute atomic E-state index is 0.0331. The van der Waals surface area contributed by atoms with Gasteiger partial charge in [0.2, 0.25) is 0 Å². The Morgan fingerprint density at radius 2 is 1.75 bits per heavy atom. The number of hydrogen-bond donors (Lipinski definition) is 0. The average molecular weight is 229 g/mol. The van der Waals surface area contributed by atoms with Gasteiger partial charge in [0.25, 0.3) is 0 Å². The van der Waals surface area contributed by atoms with Gasteiger partial charge in [-0.05, 0) is 40.0 Å². The van der Waals surface area contributed by atoms with Crippen LogP contribution < -0.4 is 0 Å². The Labute approximate surface area is 100 Å². The highest BCUT2D eigenvalue weighted by Crippen LogP contribution is 2.20. The molecular weight excluding hydrogens is 202 g/mol. The topological polar surface area (TPSA) is 29.5 Å². The monoisotopic (exact) mass is 229 g/mol. The van der Waals surface area contributed by atoms with E-state index in [0.717, 1.165) is 6.42 Å². The van der Waals surface area contributed by atoms with E-state index in [9.17, 15) is 4.79 Å². The third-order valence-electron chi connectivity index (χ3n) is 3.36. The second-order valence-electron chi connectivity index (χ2n) is 5.24. The van der Waals surface area contributed by atoms with Crippen molar-refractivity contribution >= 4 is 6.09 Å². The predicted molar refractivity (Wildman–Crippen MR) is 67.5 cm³/mol. The lowest BCUT2D eigenvalue weighted by Crippen LogP contribution is -2.48. The van der Waals surface area contributed by atoms with E-state index in [1.807, 2.05) is 13.8 Å². The lowest BCUT2D eigenvalue weighted by Gasteiger charge is -2.37. The molecule has 0 heterocycles. The van der Waals surface area contributed by atoms with Crippen LogP contribution in [0.25, 0.3) is 0 Å². The first-order valence-electron chi connectivity index (χ1n) is 6.24. The van der Waals surface area contributed by atoms with Crippen LogP contribution in [-0.2, 0) is 4.74 Å². The molecule has 0 aromatic carbocycles. The van der Waals surface area contributed by atoms with Gasteiger partial charge in [-0.25, -0.2) is 4.79 Å². The van der Waals surface area contributed by atoms with E-state index in [4.69, 9.17) is 4.74 Å². The fourth-order valence-electron chi connectivity index (χ4n) is 1.35. The van der Waals surface area contributed by atoms with Crippen LogP contribution in [0, 0.1) is 5.92 Å². The van der Waals surface area contributed by atoms with Crippen molar-refractivity contribution in [2.24, 2.45) is 5.92 Å². The van der Waals surface area contributed by atoms with E-state index in [1.54, 1.807) is 4.90 Å². The molecule has 0 aliphatic heterocycles. The number of ether oxygens (including phenoxy) is 1. The van der Waals surface area contributed by atoms with E-state index < -0.39 is 0 Å². The number of carbonyl (C=O) groups is 1. The van der Waals surface area contributed by atoms with E-state index >= 15 is 0 Å². The smallest absolute Gasteiger partial charge is 0.410 e. The first kappa shape index (κ1) is 15.3. The van der Waals surface area contributed by atoms with Crippen LogP contribution in [0.2, 0.25) is 0 Å². The van der Waals surface area contributed by atoms with Crippen molar-refractivity contribution < 1.29 is 9.53 Å². The lowest BCUT2D eigenvalue weighted by molar-refractivity contribution is 0.0253. The highest BCUT2D eigenvalue weighted by molar-refractivity contribution is 5.68. The Morgan fingerprint density at radius 3 is 2.06 bits per heavy atom. The zero-order valence-corrected chi connectivity index (χ0v) is 11.8. The van der Waals surface area contributed by atoms with Gasteiger partial charge in [0.15, 0.2) is 0 Å². The predicted octanol–water partition coefficient (Wildman–Crippen LogP) is 3.68. The fourth-order valence-corrected chi connectivity index (χ4v) is 1.35. The fraction of sp³-hybridized carbons (Fsp3) is 0.923. The van der Waals surface area contributed by atoms with Gasteiger partial charge >= 0.3 is 6.09 Å². The van der Waals surface area contributed by atoms with Gasteiger partial charge < -0.3 is 9.64 Å². The number of hydrogen-bond acceptors (Lipinski definition) is 2. The molecule has 3 heteroatoms. The highest BCUT2D eigenvalue weighted by Gasteiger charge is 2.30. The Kier molecular flexibility index (Phi) is 5.84. The summed E-state index contributed by atoms with van der Waals surface area (Å²) < 4.78 is 5.44. The quantitative estimate of drug-likeness (QED) is 0.719. The van der Waals surface area contributed by atoms with E-state index in [0.29, 0.717) is 12.5 Å². The molecule has 1 unspecified atom stereocenters. The standard InChI is InChI=1S/C13H27NO2/c1-8-13(6,7)14(9-2)12(15)16-11(5)10(3)4/h10-11H,8-9H2,1-7H3. The van der Waals surface area contributed by atoms with E-state index in [1.165, 1.54) is 0 Å². The number of amides is 1. The third-order valence-corrected chi connectivity index (χ3v) is 3.36. The summed E-state index contributed by atoms with van der Waals surface area (Å²) in [5, 5.41) is 0. The minimum Gasteiger partial charge on any atom is -0.446 e. The van der Waals surface area contributed by atoms with Crippen LogP contribution in [0.3, 0.4) is 0 Å². The molecule has 0 spiro atoms. The van der Waals surface area contributed by atoms with Crippen molar-refractivity contribution in [2.75, 3.05) is 6.54 Å². The molecule has 0 aromatic heterocycles. The Balaban J connectivity index is 4.55. The van der Waals surface area contributed by atoms with Gasteiger partial charge in [-0.2, -0.15) is 0 Å². The maximum absolute atomic E-state index is 12.0. The van der Waals surface area contributed by atoms with Gasteiger partial charge in [0.05, 0.1) is 0 Å². The van der Waals surface area contributed by atoms with Crippen LogP contribution in [0.5, 0.6) is 0 Å². The lowest BCUT2D eigenvalue weighted by atomic mass is 10.00. The second kappa shape index (κ2) is 6.12. The maximum atomic E-state index is 12.0. The number of rotatable bonds is 5. The zero-order chi connectivity index (χ0) is 12.9. The Bertz CT molecular complexity index is 224. The molecular formula is C13H27NO2. The van der Waals surface area contributed by atoms with Gasteiger partial charge in [-0.3, -0.25) is 0 Å². The van der Waals surface area contributed by atoms with Crippen molar-refractivity contribution in [2.45, 2.75) is 66.5 Å². The molecule has 0 bridgehead atoms. The highest BCUT2D eigenvalue weighted by atomic mass is 16.6. The molecule has 0 saturated heterocycles. The van der Waals surface area contributed by atoms with E-state index in [2.05, 4.69) is 34.6 Å². The summed E-state index contributed by atoms with van der Waals surface area (Å²) in [6.07, 6.45) is 0.691. The summed E-state index contributed by atoms with van der Waals surface area (Å²) in [5.74, 6) is 0.354. The summed E-state index contributed by atoms with van der Waals surface area (Å²) >= 11 is 0. The molecule has 1 amide bonds. The van der Waals surface area contributed by atoms with Crippen molar-refractivity contribution in [1.82, 2.24) is 4.90 Å². The van der Waals surface area contributed by atoms with Gasteiger partial charge in [-0.1, -0.05) is 20.8 Å². The first-order chi connectivity index (χ1) is 7.26. The largest absolute Gasteiger partial charge is 0.446 e. The Morgan fingerprint density at radius 1 is 1.25 bits per heavy atom. The third kappa shape index (κ3) is 4.03. The number of carbonyl (C=O) groups excluding carboxylic acids is 1. The molecule has 3 nitrogen and oxygen atoms in total. The molecule has 0 aliphatic carbocycles. The molecule has 0 saturated carbocycles. The summed E-state index contributed by atoms with van der Waals surface area (Å²) in [4.78, 5) is 13.8. The summed E-state index contributed by atoms with van der Waals surface area (Å²) in [6.45, 7) is 14.9. The SMILES string of the molecule is CCN(C(=O)OC(C)C(C)C)C(C)(C)CC. The summed E-state index contributed by atoms with van der Waals surface area (Å²) in [5.41, 5.74) is -0.136. The maximum Gasteiger partial charge on any atom is 0.410 e. The second-order valence-corrected chi connectivity index (χ2v) is 5.24. The summed E-state index contributed by atoms with van der Waals surface area (Å²) in [7, 11) is 0. The molecule has 0 N–H and O–H groups in total. The Hall–Kier alpha value is -0.730. The average Bonchev–Trinajstić information content (AvgIpc) is 2.18. The molecule has 16 heavy (non-hydrogen) atoms. The van der Waals surface area contributed by atoms with Gasteiger partial charge in [0.1, 0.15) is 6.10 Å².